The van der Waals surface area contributed by atoms with Gasteiger partial charge in [0.1, 0.15) is 0 Å². The highest BCUT2D eigenvalue weighted by Crippen LogP contribution is 2.38. The standard InChI is InChI=1S/C40H29N5O/c1-44-35-19-11-18-34(36(35)45(2)40(44)46)33-25-24-30(31-16-9-10-17-32(31)33)26-20-22-29(23-21-26)39-42-37(27-12-5-3-6-13-27)41-38(43-39)28-14-7-4-8-15-28/h3-25H,1-2H3. The number of aryl methyl sites for hydroxylation is 2. The first-order valence-corrected chi connectivity index (χ1v) is 15.2. The zero-order chi connectivity index (χ0) is 31.2. The van der Waals surface area contributed by atoms with E-state index in [-0.39, 0.29) is 5.69 Å². The van der Waals surface area contributed by atoms with Crippen molar-refractivity contribution in [1.82, 2.24) is 24.1 Å². The summed E-state index contributed by atoms with van der Waals surface area (Å²) in [5.41, 5.74) is 8.96. The van der Waals surface area contributed by atoms with Crippen molar-refractivity contribution in [2.24, 2.45) is 14.1 Å². The van der Waals surface area contributed by atoms with Crippen LogP contribution in [0.2, 0.25) is 0 Å². The van der Waals surface area contributed by atoms with Crippen LogP contribution in [-0.4, -0.2) is 24.1 Å². The summed E-state index contributed by atoms with van der Waals surface area (Å²) in [7, 11) is 3.66. The second kappa shape index (κ2) is 11.1. The molecule has 0 N–H and O–H groups in total. The molecule has 0 saturated heterocycles. The van der Waals surface area contributed by atoms with E-state index in [1.807, 2.05) is 86.9 Å². The summed E-state index contributed by atoms with van der Waals surface area (Å²) in [6.45, 7) is 0. The number of para-hydroxylation sites is 1. The van der Waals surface area contributed by atoms with Crippen LogP contribution in [0, 0.1) is 0 Å². The summed E-state index contributed by atoms with van der Waals surface area (Å²) in [5.74, 6) is 1.91. The van der Waals surface area contributed by atoms with Gasteiger partial charge in [-0.15, -0.1) is 0 Å². The van der Waals surface area contributed by atoms with Crippen LogP contribution < -0.4 is 5.69 Å². The average molecular weight is 596 g/mol. The third kappa shape index (κ3) is 4.59. The molecule has 0 amide bonds. The third-order valence-corrected chi connectivity index (χ3v) is 8.65. The Morgan fingerprint density at radius 1 is 0.413 bits per heavy atom. The van der Waals surface area contributed by atoms with Gasteiger partial charge in [0.2, 0.25) is 0 Å². The van der Waals surface area contributed by atoms with Crippen molar-refractivity contribution in [3.05, 3.63) is 150 Å². The molecule has 46 heavy (non-hydrogen) atoms. The number of aromatic nitrogens is 5. The third-order valence-electron chi connectivity index (χ3n) is 8.65. The molecule has 0 bridgehead atoms. The molecule has 0 saturated carbocycles. The highest BCUT2D eigenvalue weighted by Gasteiger charge is 2.17. The predicted molar refractivity (Wildman–Crippen MR) is 186 cm³/mol. The van der Waals surface area contributed by atoms with Crippen LogP contribution in [0.1, 0.15) is 0 Å². The number of hydrogen-bond donors (Lipinski definition) is 0. The van der Waals surface area contributed by atoms with Gasteiger partial charge >= 0.3 is 5.69 Å². The maximum Gasteiger partial charge on any atom is 0.328 e. The van der Waals surface area contributed by atoms with Crippen molar-refractivity contribution < 1.29 is 0 Å². The Labute approximate surface area is 265 Å². The Morgan fingerprint density at radius 3 is 1.48 bits per heavy atom. The summed E-state index contributed by atoms with van der Waals surface area (Å²) in [5, 5.41) is 2.27. The molecule has 0 atom stereocenters. The lowest BCUT2D eigenvalue weighted by atomic mass is 9.91. The normalized spacial score (nSPS) is 11.3. The molecule has 0 spiro atoms. The molecular weight excluding hydrogens is 566 g/mol. The molecule has 0 aliphatic heterocycles. The maximum absolute atomic E-state index is 12.8. The molecule has 0 radical (unpaired) electrons. The topological polar surface area (TPSA) is 65.6 Å². The SMILES string of the molecule is Cn1c(=O)n(C)c2c(-c3ccc(-c4ccc(-c5nc(-c6ccccc6)nc(-c6ccccc6)n5)cc4)c4ccccc34)cccc21. The summed E-state index contributed by atoms with van der Waals surface area (Å²) in [4.78, 5) is 27.4. The molecule has 8 rings (SSSR count). The molecule has 0 aliphatic rings. The highest BCUT2D eigenvalue weighted by molar-refractivity contribution is 6.08. The largest absolute Gasteiger partial charge is 0.328 e. The predicted octanol–water partition coefficient (Wildman–Crippen LogP) is 8.55. The van der Waals surface area contributed by atoms with Gasteiger partial charge in [0, 0.05) is 36.3 Å². The van der Waals surface area contributed by atoms with E-state index in [1.165, 1.54) is 0 Å². The van der Waals surface area contributed by atoms with E-state index < -0.39 is 0 Å². The molecule has 0 unspecified atom stereocenters. The Kier molecular flexibility index (Phi) is 6.61. The quantitative estimate of drug-likeness (QED) is 0.200. The Hall–Kier alpha value is -6.14. The molecular formula is C40H29N5O. The first kappa shape index (κ1) is 27.4. The van der Waals surface area contributed by atoms with Gasteiger partial charge in [-0.1, -0.05) is 133 Å². The fourth-order valence-electron chi connectivity index (χ4n) is 6.32. The van der Waals surface area contributed by atoms with E-state index in [1.54, 1.807) is 9.13 Å². The van der Waals surface area contributed by atoms with Crippen LogP contribution in [0.4, 0.5) is 0 Å². The van der Waals surface area contributed by atoms with Crippen molar-refractivity contribution in [2.75, 3.05) is 0 Å². The number of imidazole rings is 1. The van der Waals surface area contributed by atoms with Crippen LogP contribution in [0.25, 0.3) is 78.2 Å². The van der Waals surface area contributed by atoms with Crippen LogP contribution in [0.3, 0.4) is 0 Å². The summed E-state index contributed by atoms with van der Waals surface area (Å²) < 4.78 is 3.44. The lowest BCUT2D eigenvalue weighted by Crippen LogP contribution is -2.19. The number of benzene rings is 6. The zero-order valence-electron chi connectivity index (χ0n) is 25.4. The van der Waals surface area contributed by atoms with E-state index in [4.69, 9.17) is 15.0 Å². The van der Waals surface area contributed by atoms with Gasteiger partial charge in [0.25, 0.3) is 0 Å². The molecule has 0 fully saturated rings. The van der Waals surface area contributed by atoms with E-state index in [9.17, 15) is 4.79 Å². The first-order chi connectivity index (χ1) is 22.6. The minimum Gasteiger partial charge on any atom is -0.295 e. The minimum absolute atomic E-state index is 0.0339. The van der Waals surface area contributed by atoms with E-state index in [2.05, 4.69) is 66.7 Å². The number of hydrogen-bond acceptors (Lipinski definition) is 4. The Balaban J connectivity index is 1.23. The van der Waals surface area contributed by atoms with Crippen molar-refractivity contribution >= 4 is 21.8 Å². The average Bonchev–Trinajstić information content (AvgIpc) is 3.35. The van der Waals surface area contributed by atoms with Gasteiger partial charge in [-0.2, -0.15) is 0 Å². The molecule has 2 aromatic heterocycles. The molecule has 0 aliphatic carbocycles. The molecule has 6 aromatic carbocycles. The van der Waals surface area contributed by atoms with Crippen LogP contribution in [0.15, 0.2) is 144 Å². The highest BCUT2D eigenvalue weighted by atomic mass is 16.1. The number of fused-ring (bicyclic) bond motifs is 2. The Bertz CT molecular complexity index is 2390. The number of nitrogens with zero attached hydrogens (tertiary/aromatic N) is 5. The zero-order valence-corrected chi connectivity index (χ0v) is 25.4. The maximum atomic E-state index is 12.8. The molecule has 220 valence electrons. The molecule has 6 heteroatoms. The van der Waals surface area contributed by atoms with Gasteiger partial charge in [-0.25, -0.2) is 19.7 Å². The van der Waals surface area contributed by atoms with Crippen LogP contribution >= 0.6 is 0 Å². The van der Waals surface area contributed by atoms with Gasteiger partial charge in [0.05, 0.1) is 11.0 Å². The first-order valence-electron chi connectivity index (χ1n) is 15.2. The van der Waals surface area contributed by atoms with Gasteiger partial charge in [0.15, 0.2) is 17.5 Å². The Morgan fingerprint density at radius 2 is 0.891 bits per heavy atom. The fourth-order valence-corrected chi connectivity index (χ4v) is 6.32. The van der Waals surface area contributed by atoms with Crippen molar-refractivity contribution in [3.8, 4) is 56.4 Å². The monoisotopic (exact) mass is 595 g/mol. The molecule has 8 aromatic rings. The van der Waals surface area contributed by atoms with Crippen molar-refractivity contribution in [2.45, 2.75) is 0 Å². The summed E-state index contributed by atoms with van der Waals surface area (Å²) >= 11 is 0. The van der Waals surface area contributed by atoms with E-state index in [0.29, 0.717) is 17.5 Å². The number of rotatable bonds is 5. The fraction of sp³-hybridized carbons (Fsp3) is 0.0500. The van der Waals surface area contributed by atoms with Crippen molar-refractivity contribution in [1.29, 1.82) is 0 Å². The van der Waals surface area contributed by atoms with Gasteiger partial charge in [-0.05, 0) is 33.5 Å². The van der Waals surface area contributed by atoms with Crippen LogP contribution in [0.5, 0.6) is 0 Å². The van der Waals surface area contributed by atoms with E-state index in [0.717, 1.165) is 60.8 Å². The molecule has 6 nitrogen and oxygen atoms in total. The second-order valence-electron chi connectivity index (χ2n) is 11.4. The van der Waals surface area contributed by atoms with Crippen LogP contribution in [-0.2, 0) is 14.1 Å². The van der Waals surface area contributed by atoms with Gasteiger partial charge in [-0.3, -0.25) is 9.13 Å². The minimum atomic E-state index is -0.0339. The lowest BCUT2D eigenvalue weighted by molar-refractivity contribution is 0.795. The smallest absolute Gasteiger partial charge is 0.295 e. The molecule has 2 heterocycles. The lowest BCUT2D eigenvalue weighted by Gasteiger charge is -2.14. The summed E-state index contributed by atoms with van der Waals surface area (Å²) in [6.07, 6.45) is 0. The van der Waals surface area contributed by atoms with E-state index >= 15 is 0 Å². The second-order valence-corrected chi connectivity index (χ2v) is 11.4. The van der Waals surface area contributed by atoms with Gasteiger partial charge < -0.3 is 0 Å². The summed E-state index contributed by atoms with van der Waals surface area (Å²) in [6, 6.07) is 47.4. The van der Waals surface area contributed by atoms with Crippen molar-refractivity contribution in [3.63, 3.8) is 0 Å².